The molecule has 0 bridgehead atoms. The first-order valence-electron chi connectivity index (χ1n) is 10.9. The Labute approximate surface area is 199 Å². The largest absolute Gasteiger partial charge is 0.478 e. The van der Waals surface area contributed by atoms with Crippen molar-refractivity contribution in [3.63, 3.8) is 0 Å². The van der Waals surface area contributed by atoms with Crippen molar-refractivity contribution in [1.82, 2.24) is 5.32 Å². The average Bonchev–Trinajstić information content (AvgIpc) is 2.77. The first-order chi connectivity index (χ1) is 16.0. The molecule has 0 saturated heterocycles. The van der Waals surface area contributed by atoms with Gasteiger partial charge in [-0.15, -0.1) is 0 Å². The van der Waals surface area contributed by atoms with E-state index in [-0.39, 0.29) is 0 Å². The second kappa shape index (κ2) is 9.82. The standard InChI is InChI=1S/C25H29NO7Si/c1-16(27)26-21-19(15-20(23(28)29)32-22(21)24(30)31)33-34(25(2,3)4,17-11-7-5-8-12-17)18-13-9-6-10-14-18/h5-15,19,21-22H,1-4H3,(H,26,27)(H,28,29)(H,30,31)/t19-,21+,22-/m1/s1. The zero-order valence-electron chi connectivity index (χ0n) is 19.5. The molecule has 3 atom stereocenters. The van der Waals surface area contributed by atoms with Crippen LogP contribution in [0, 0.1) is 0 Å². The number of rotatable bonds is 7. The lowest BCUT2D eigenvalue weighted by Crippen LogP contribution is -2.70. The van der Waals surface area contributed by atoms with Crippen LogP contribution in [0.3, 0.4) is 0 Å². The summed E-state index contributed by atoms with van der Waals surface area (Å²) in [5, 5.41) is 23.4. The van der Waals surface area contributed by atoms with E-state index in [1.54, 1.807) is 0 Å². The molecule has 0 radical (unpaired) electrons. The number of hydrogen-bond acceptors (Lipinski definition) is 5. The van der Waals surface area contributed by atoms with E-state index in [2.05, 4.69) is 5.32 Å². The van der Waals surface area contributed by atoms with Crippen molar-refractivity contribution < 1.29 is 33.8 Å². The molecule has 0 spiro atoms. The maximum atomic E-state index is 12.0. The minimum absolute atomic E-state index is 0.454. The van der Waals surface area contributed by atoms with Gasteiger partial charge in [0.05, 0.1) is 6.10 Å². The molecule has 2 aromatic carbocycles. The van der Waals surface area contributed by atoms with Crippen molar-refractivity contribution in [2.75, 3.05) is 0 Å². The number of carboxylic acid groups (broad SMARTS) is 2. The maximum Gasteiger partial charge on any atom is 0.370 e. The topological polar surface area (TPSA) is 122 Å². The molecule has 0 aromatic heterocycles. The third-order valence-electron chi connectivity index (χ3n) is 5.80. The van der Waals surface area contributed by atoms with E-state index in [1.807, 2.05) is 81.4 Å². The van der Waals surface area contributed by atoms with Gasteiger partial charge in [-0.1, -0.05) is 81.4 Å². The molecule has 0 saturated carbocycles. The van der Waals surface area contributed by atoms with E-state index >= 15 is 0 Å². The van der Waals surface area contributed by atoms with E-state index in [1.165, 1.54) is 13.0 Å². The quantitative estimate of drug-likeness (QED) is 0.514. The summed E-state index contributed by atoms with van der Waals surface area (Å²) in [7, 11) is -3.20. The summed E-state index contributed by atoms with van der Waals surface area (Å²) in [6.07, 6.45) is -1.46. The summed E-state index contributed by atoms with van der Waals surface area (Å²) in [5.41, 5.74) is 0. The summed E-state index contributed by atoms with van der Waals surface area (Å²) >= 11 is 0. The number of hydrogen-bond donors (Lipinski definition) is 3. The van der Waals surface area contributed by atoms with Gasteiger partial charge in [0.1, 0.15) is 6.04 Å². The van der Waals surface area contributed by atoms with Crippen molar-refractivity contribution in [2.45, 2.75) is 51.0 Å². The van der Waals surface area contributed by atoms with Crippen LogP contribution in [0.15, 0.2) is 72.5 Å². The summed E-state index contributed by atoms with van der Waals surface area (Å²) in [6.45, 7) is 7.39. The van der Waals surface area contributed by atoms with Crippen molar-refractivity contribution >= 4 is 36.5 Å². The van der Waals surface area contributed by atoms with Crippen molar-refractivity contribution in [2.24, 2.45) is 0 Å². The van der Waals surface area contributed by atoms with E-state index in [0.717, 1.165) is 10.4 Å². The van der Waals surface area contributed by atoms with Crippen molar-refractivity contribution in [3.8, 4) is 0 Å². The SMILES string of the molecule is CC(=O)N[C@H]1[C@H](O[Si](c2ccccc2)(c2ccccc2)C(C)(C)C)C=C(C(=O)O)O[C@H]1C(=O)O. The van der Waals surface area contributed by atoms with Gasteiger partial charge in [-0.2, -0.15) is 0 Å². The molecular weight excluding hydrogens is 454 g/mol. The summed E-state index contributed by atoms with van der Waals surface area (Å²) in [5.74, 6) is -3.83. The number of carbonyl (C=O) groups is 3. The third kappa shape index (κ3) is 4.90. The normalized spacial score (nSPS) is 20.6. The molecule has 0 unspecified atom stereocenters. The molecule has 3 rings (SSSR count). The van der Waals surface area contributed by atoms with Crippen LogP contribution >= 0.6 is 0 Å². The van der Waals surface area contributed by atoms with Crippen LogP contribution < -0.4 is 15.7 Å². The molecular formula is C25H29NO7Si. The van der Waals surface area contributed by atoms with Crippen molar-refractivity contribution in [3.05, 3.63) is 72.5 Å². The minimum Gasteiger partial charge on any atom is -0.478 e. The molecule has 1 aliphatic rings. The third-order valence-corrected chi connectivity index (χ3v) is 10.8. The average molecular weight is 484 g/mol. The van der Waals surface area contributed by atoms with Crippen LogP contribution in [-0.2, 0) is 23.5 Å². The van der Waals surface area contributed by atoms with Crippen LogP contribution in [0.1, 0.15) is 27.7 Å². The second-order valence-electron chi connectivity index (χ2n) is 9.18. The Morgan fingerprint density at radius 3 is 1.82 bits per heavy atom. The van der Waals surface area contributed by atoms with Gasteiger partial charge in [0, 0.05) is 6.92 Å². The molecule has 1 amide bonds. The molecule has 180 valence electrons. The van der Waals surface area contributed by atoms with Gasteiger partial charge < -0.3 is 24.7 Å². The Hall–Kier alpha value is -3.43. The fraction of sp³-hybridized carbons (Fsp3) is 0.320. The Balaban J connectivity index is 2.27. The van der Waals surface area contributed by atoms with Crippen LogP contribution in [0.2, 0.25) is 5.04 Å². The predicted octanol–water partition coefficient (Wildman–Crippen LogP) is 1.89. The number of aliphatic carboxylic acids is 2. The van der Waals surface area contributed by atoms with Gasteiger partial charge in [0.2, 0.25) is 17.8 Å². The fourth-order valence-corrected chi connectivity index (χ4v) is 9.03. The predicted molar refractivity (Wildman–Crippen MR) is 128 cm³/mol. The number of amides is 1. The zero-order chi connectivity index (χ0) is 25.1. The Bertz CT molecular complexity index is 1040. The smallest absolute Gasteiger partial charge is 0.370 e. The zero-order valence-corrected chi connectivity index (χ0v) is 20.5. The van der Waals surface area contributed by atoms with Gasteiger partial charge in [-0.3, -0.25) is 4.79 Å². The highest BCUT2D eigenvalue weighted by Crippen LogP contribution is 2.39. The van der Waals surface area contributed by atoms with Gasteiger partial charge in [-0.25, -0.2) is 9.59 Å². The van der Waals surface area contributed by atoms with Crippen LogP contribution in [0.4, 0.5) is 0 Å². The second-order valence-corrected chi connectivity index (χ2v) is 13.4. The first kappa shape index (κ1) is 25.2. The highest BCUT2D eigenvalue weighted by Gasteiger charge is 2.54. The Kier molecular flexibility index (Phi) is 7.28. The lowest BCUT2D eigenvalue weighted by atomic mass is 10.0. The minimum atomic E-state index is -3.20. The lowest BCUT2D eigenvalue weighted by molar-refractivity contribution is -0.156. The number of carbonyl (C=O) groups excluding carboxylic acids is 1. The summed E-state index contributed by atoms with van der Waals surface area (Å²) in [4.78, 5) is 35.8. The summed E-state index contributed by atoms with van der Waals surface area (Å²) < 4.78 is 12.2. The number of benzene rings is 2. The molecule has 8 nitrogen and oxygen atoms in total. The van der Waals surface area contributed by atoms with Gasteiger partial charge in [0.25, 0.3) is 8.32 Å². The lowest BCUT2D eigenvalue weighted by Gasteiger charge is -2.47. The fourth-order valence-electron chi connectivity index (χ4n) is 4.40. The van der Waals surface area contributed by atoms with Gasteiger partial charge in [0.15, 0.2) is 0 Å². The monoisotopic (exact) mass is 483 g/mol. The molecule has 1 heterocycles. The number of carboxylic acids is 2. The molecule has 9 heteroatoms. The maximum absolute atomic E-state index is 12.0. The highest BCUT2D eigenvalue weighted by atomic mass is 28.4. The summed E-state index contributed by atoms with van der Waals surface area (Å²) in [6, 6.07) is 18.1. The Morgan fingerprint density at radius 1 is 0.941 bits per heavy atom. The first-order valence-corrected chi connectivity index (χ1v) is 12.8. The van der Waals surface area contributed by atoms with E-state index in [0.29, 0.717) is 0 Å². The molecule has 2 aromatic rings. The highest BCUT2D eigenvalue weighted by molar-refractivity contribution is 6.99. The molecule has 0 aliphatic carbocycles. The molecule has 34 heavy (non-hydrogen) atoms. The van der Waals surface area contributed by atoms with Crippen LogP contribution in [0.5, 0.6) is 0 Å². The van der Waals surface area contributed by atoms with E-state index < -0.39 is 55.2 Å². The molecule has 1 aliphatic heterocycles. The van der Waals surface area contributed by atoms with E-state index in [4.69, 9.17) is 9.16 Å². The van der Waals surface area contributed by atoms with Gasteiger partial charge in [-0.05, 0) is 21.5 Å². The van der Waals surface area contributed by atoms with E-state index in [9.17, 15) is 24.6 Å². The number of nitrogens with one attached hydrogen (secondary N) is 1. The van der Waals surface area contributed by atoms with Crippen LogP contribution in [0.25, 0.3) is 0 Å². The molecule has 3 N–H and O–H groups in total. The van der Waals surface area contributed by atoms with Crippen LogP contribution in [-0.4, -0.2) is 54.6 Å². The molecule has 0 fully saturated rings. The van der Waals surface area contributed by atoms with Crippen molar-refractivity contribution in [1.29, 1.82) is 0 Å². The van der Waals surface area contributed by atoms with Gasteiger partial charge >= 0.3 is 11.9 Å². The number of ether oxygens (including phenoxy) is 1. The Morgan fingerprint density at radius 2 is 1.44 bits per heavy atom.